The van der Waals surface area contributed by atoms with E-state index < -0.39 is 0 Å². The molecule has 0 unspecified atom stereocenters. The molecule has 130 valence electrons. The molecule has 1 aromatic heterocycles. The summed E-state index contributed by atoms with van der Waals surface area (Å²) < 4.78 is 1.83. The number of hydrogen-bond acceptors (Lipinski definition) is 3. The van der Waals surface area contributed by atoms with Crippen molar-refractivity contribution < 1.29 is 4.79 Å². The molecule has 1 fully saturated rings. The van der Waals surface area contributed by atoms with Gasteiger partial charge in [0.2, 0.25) is 0 Å². The van der Waals surface area contributed by atoms with E-state index in [9.17, 15) is 4.79 Å². The smallest absolute Gasteiger partial charge is 0.269 e. The molecule has 0 atom stereocenters. The maximum Gasteiger partial charge on any atom is 0.269 e. The molecule has 2 aromatic rings. The van der Waals surface area contributed by atoms with Gasteiger partial charge in [-0.3, -0.25) is 9.48 Å². The van der Waals surface area contributed by atoms with Gasteiger partial charge in [-0.1, -0.05) is 19.1 Å². The average Bonchev–Trinajstić information content (AvgIpc) is 3.37. The zero-order valence-corrected chi connectivity index (χ0v) is 15.0. The Morgan fingerprint density at radius 3 is 2.56 bits per heavy atom. The van der Waals surface area contributed by atoms with Gasteiger partial charge in [-0.15, -0.1) is 0 Å². The number of aromatic nitrogens is 2. The van der Waals surface area contributed by atoms with Crippen LogP contribution in [0.1, 0.15) is 61.3 Å². The van der Waals surface area contributed by atoms with Crippen LogP contribution in [0, 0.1) is 17.2 Å². The standard InChI is InChI=1S/C20H24N4O/c1-4-17-18(16-9-7-14(11-21)8-10-16)23-24(13(2)3)19(17)20(25)22-12-15-5-6-15/h7-10,13,15H,4-6,12H2,1-3H3,(H,22,25). The molecule has 1 amide bonds. The highest BCUT2D eigenvalue weighted by Gasteiger charge is 2.27. The number of carbonyl (C=O) groups is 1. The minimum Gasteiger partial charge on any atom is -0.350 e. The Balaban J connectivity index is 2.01. The molecule has 0 aliphatic heterocycles. The SMILES string of the molecule is CCc1c(-c2ccc(C#N)cc2)nn(C(C)C)c1C(=O)NCC1CC1. The van der Waals surface area contributed by atoms with Crippen LogP contribution >= 0.6 is 0 Å². The molecular formula is C20H24N4O. The molecule has 0 spiro atoms. The maximum absolute atomic E-state index is 12.8. The Morgan fingerprint density at radius 2 is 2.04 bits per heavy atom. The van der Waals surface area contributed by atoms with Gasteiger partial charge in [0.25, 0.3) is 5.91 Å². The third-order valence-corrected chi connectivity index (χ3v) is 4.60. The van der Waals surface area contributed by atoms with Crippen LogP contribution in [-0.4, -0.2) is 22.2 Å². The number of carbonyl (C=O) groups excluding carboxylic acids is 1. The normalized spacial score (nSPS) is 13.7. The summed E-state index contributed by atoms with van der Waals surface area (Å²) in [7, 11) is 0. The third-order valence-electron chi connectivity index (χ3n) is 4.60. The molecular weight excluding hydrogens is 312 g/mol. The Hall–Kier alpha value is -2.61. The van der Waals surface area contributed by atoms with E-state index >= 15 is 0 Å². The number of nitrogens with one attached hydrogen (secondary N) is 1. The highest BCUT2D eigenvalue weighted by Crippen LogP contribution is 2.30. The van der Waals surface area contributed by atoms with E-state index in [1.54, 1.807) is 12.1 Å². The fourth-order valence-corrected chi connectivity index (χ4v) is 3.00. The average molecular weight is 336 g/mol. The summed E-state index contributed by atoms with van der Waals surface area (Å²) in [6, 6.07) is 9.60. The van der Waals surface area contributed by atoms with Crippen molar-refractivity contribution in [2.24, 2.45) is 5.92 Å². The molecule has 1 aliphatic rings. The second-order valence-corrected chi connectivity index (χ2v) is 6.91. The molecule has 1 aromatic carbocycles. The molecule has 0 radical (unpaired) electrons. The zero-order chi connectivity index (χ0) is 18.0. The quantitative estimate of drug-likeness (QED) is 0.874. The van der Waals surface area contributed by atoms with E-state index in [-0.39, 0.29) is 11.9 Å². The van der Waals surface area contributed by atoms with E-state index in [4.69, 9.17) is 10.4 Å². The summed E-state index contributed by atoms with van der Waals surface area (Å²) >= 11 is 0. The zero-order valence-electron chi connectivity index (χ0n) is 15.0. The molecule has 5 heteroatoms. The summed E-state index contributed by atoms with van der Waals surface area (Å²) in [5.41, 5.74) is 4.01. The number of amides is 1. The first kappa shape index (κ1) is 17.2. The van der Waals surface area contributed by atoms with E-state index in [2.05, 4.69) is 11.4 Å². The van der Waals surface area contributed by atoms with E-state index in [0.717, 1.165) is 29.8 Å². The minimum absolute atomic E-state index is 0.0372. The molecule has 1 N–H and O–H groups in total. The lowest BCUT2D eigenvalue weighted by atomic mass is 10.0. The second-order valence-electron chi connectivity index (χ2n) is 6.91. The van der Waals surface area contributed by atoms with Crippen LogP contribution in [0.5, 0.6) is 0 Å². The summed E-state index contributed by atoms with van der Waals surface area (Å²) in [4.78, 5) is 12.8. The second kappa shape index (κ2) is 7.10. The van der Waals surface area contributed by atoms with Gasteiger partial charge in [0, 0.05) is 23.7 Å². The van der Waals surface area contributed by atoms with Gasteiger partial charge in [-0.05, 0) is 51.2 Å². The van der Waals surface area contributed by atoms with Crippen molar-refractivity contribution in [3.8, 4) is 17.3 Å². The predicted molar refractivity (Wildman–Crippen MR) is 97.2 cm³/mol. The summed E-state index contributed by atoms with van der Waals surface area (Å²) in [6.45, 7) is 6.86. The maximum atomic E-state index is 12.8. The largest absolute Gasteiger partial charge is 0.350 e. The molecule has 0 bridgehead atoms. The number of hydrogen-bond donors (Lipinski definition) is 1. The Bertz CT molecular complexity index is 807. The molecule has 1 saturated carbocycles. The highest BCUT2D eigenvalue weighted by molar-refractivity contribution is 5.96. The van der Waals surface area contributed by atoms with Gasteiger partial charge in [0.1, 0.15) is 5.69 Å². The minimum atomic E-state index is -0.0372. The monoisotopic (exact) mass is 336 g/mol. The Kier molecular flexibility index (Phi) is 4.89. The van der Waals surface area contributed by atoms with Gasteiger partial charge in [-0.2, -0.15) is 10.4 Å². The molecule has 1 aliphatic carbocycles. The van der Waals surface area contributed by atoms with Crippen molar-refractivity contribution in [1.82, 2.24) is 15.1 Å². The van der Waals surface area contributed by atoms with Gasteiger partial charge in [0.05, 0.1) is 17.3 Å². The summed E-state index contributed by atoms with van der Waals surface area (Å²) in [5, 5.41) is 16.8. The van der Waals surface area contributed by atoms with Crippen LogP contribution in [0.15, 0.2) is 24.3 Å². The van der Waals surface area contributed by atoms with Crippen molar-refractivity contribution in [2.45, 2.75) is 46.1 Å². The topological polar surface area (TPSA) is 70.7 Å². The number of rotatable bonds is 6. The van der Waals surface area contributed by atoms with E-state index in [1.165, 1.54) is 12.8 Å². The van der Waals surface area contributed by atoms with Crippen molar-refractivity contribution in [1.29, 1.82) is 5.26 Å². The van der Waals surface area contributed by atoms with Crippen LogP contribution < -0.4 is 5.32 Å². The summed E-state index contributed by atoms with van der Waals surface area (Å²) in [6.07, 6.45) is 3.15. The molecule has 3 rings (SSSR count). The first-order valence-corrected chi connectivity index (χ1v) is 8.95. The van der Waals surface area contributed by atoms with Crippen LogP contribution in [0.25, 0.3) is 11.3 Å². The van der Waals surface area contributed by atoms with E-state index in [1.807, 2.05) is 37.6 Å². The predicted octanol–water partition coefficient (Wildman–Crippen LogP) is 3.70. The molecule has 5 nitrogen and oxygen atoms in total. The number of nitrogens with zero attached hydrogens (tertiary/aromatic N) is 3. The lowest BCUT2D eigenvalue weighted by Crippen LogP contribution is -2.29. The van der Waals surface area contributed by atoms with Gasteiger partial charge >= 0.3 is 0 Å². The Morgan fingerprint density at radius 1 is 1.36 bits per heavy atom. The van der Waals surface area contributed by atoms with Crippen LogP contribution in [0.4, 0.5) is 0 Å². The van der Waals surface area contributed by atoms with Crippen LogP contribution in [-0.2, 0) is 6.42 Å². The van der Waals surface area contributed by atoms with Gasteiger partial charge < -0.3 is 5.32 Å². The Labute approximate surface area is 148 Å². The molecule has 25 heavy (non-hydrogen) atoms. The fraction of sp³-hybridized carbons (Fsp3) is 0.450. The first-order chi connectivity index (χ1) is 12.0. The van der Waals surface area contributed by atoms with Crippen LogP contribution in [0.2, 0.25) is 0 Å². The summed E-state index contributed by atoms with van der Waals surface area (Å²) in [5.74, 6) is 0.604. The lowest BCUT2D eigenvalue weighted by Gasteiger charge is -2.12. The number of nitriles is 1. The van der Waals surface area contributed by atoms with Crippen LogP contribution in [0.3, 0.4) is 0 Å². The van der Waals surface area contributed by atoms with Gasteiger partial charge in [-0.25, -0.2) is 0 Å². The fourth-order valence-electron chi connectivity index (χ4n) is 3.00. The highest BCUT2D eigenvalue weighted by atomic mass is 16.2. The molecule has 1 heterocycles. The number of benzene rings is 1. The third kappa shape index (κ3) is 3.58. The van der Waals surface area contributed by atoms with Crippen molar-refractivity contribution in [3.05, 3.63) is 41.1 Å². The lowest BCUT2D eigenvalue weighted by molar-refractivity contribution is 0.0938. The first-order valence-electron chi connectivity index (χ1n) is 8.95. The van der Waals surface area contributed by atoms with Crippen molar-refractivity contribution in [2.75, 3.05) is 6.54 Å². The van der Waals surface area contributed by atoms with Gasteiger partial charge in [0.15, 0.2) is 0 Å². The van der Waals surface area contributed by atoms with Crippen molar-refractivity contribution in [3.63, 3.8) is 0 Å². The molecule has 0 saturated heterocycles. The van der Waals surface area contributed by atoms with Crippen molar-refractivity contribution >= 4 is 5.91 Å². The van der Waals surface area contributed by atoms with E-state index in [0.29, 0.717) is 17.2 Å².